The Hall–Kier alpha value is -2.44. The fourth-order valence-electron chi connectivity index (χ4n) is 2.62. The van der Waals surface area contributed by atoms with Crippen LogP contribution in [0.15, 0.2) is 46.5 Å². The number of aromatic amines is 1. The van der Waals surface area contributed by atoms with E-state index in [2.05, 4.69) is 27.4 Å². The number of hydrogen-bond acceptors (Lipinski definition) is 4. The lowest BCUT2D eigenvalue weighted by Gasteiger charge is -1.99. The first-order chi connectivity index (χ1) is 11.2. The predicted octanol–water partition coefficient (Wildman–Crippen LogP) is 4.91. The summed E-state index contributed by atoms with van der Waals surface area (Å²) in [6.45, 7) is 2.04. The minimum atomic E-state index is -0.122. The topological polar surface area (TPSA) is 57.8 Å². The van der Waals surface area contributed by atoms with E-state index in [-0.39, 0.29) is 5.91 Å². The van der Waals surface area contributed by atoms with Crippen LogP contribution in [0.3, 0.4) is 0 Å². The van der Waals surface area contributed by atoms with E-state index in [0.717, 1.165) is 27.9 Å². The monoisotopic (exact) mass is 339 g/mol. The van der Waals surface area contributed by atoms with E-state index in [0.29, 0.717) is 10.7 Å². The Labute approximate surface area is 140 Å². The Morgan fingerprint density at radius 3 is 2.91 bits per heavy atom. The fourth-order valence-corrected chi connectivity index (χ4v) is 3.95. The van der Waals surface area contributed by atoms with Crippen molar-refractivity contribution < 1.29 is 4.79 Å². The number of nitrogens with zero attached hydrogens (tertiary/aromatic N) is 1. The summed E-state index contributed by atoms with van der Waals surface area (Å²) in [5, 5.41) is 10.3. The van der Waals surface area contributed by atoms with Crippen molar-refractivity contribution >= 4 is 44.6 Å². The van der Waals surface area contributed by atoms with Gasteiger partial charge in [0, 0.05) is 32.9 Å². The number of nitrogens with one attached hydrogen (secondary N) is 2. The van der Waals surface area contributed by atoms with Gasteiger partial charge in [0.2, 0.25) is 0 Å². The average molecular weight is 339 g/mol. The van der Waals surface area contributed by atoms with E-state index >= 15 is 0 Å². The molecule has 1 aromatic carbocycles. The van der Waals surface area contributed by atoms with Crippen molar-refractivity contribution in [1.29, 1.82) is 0 Å². The second-order valence-corrected chi connectivity index (χ2v) is 6.81. The summed E-state index contributed by atoms with van der Waals surface area (Å²) < 4.78 is 0. The highest BCUT2D eigenvalue weighted by molar-refractivity contribution is 7.14. The van der Waals surface area contributed by atoms with Gasteiger partial charge in [0.1, 0.15) is 0 Å². The van der Waals surface area contributed by atoms with Crippen LogP contribution in [0.1, 0.15) is 16.1 Å². The number of carbonyl (C=O) groups excluding carboxylic acids is 1. The molecule has 2 N–H and O–H groups in total. The molecular formula is C17H13N3OS2. The van der Waals surface area contributed by atoms with E-state index in [1.54, 1.807) is 6.07 Å². The lowest BCUT2D eigenvalue weighted by molar-refractivity contribution is 0.102. The van der Waals surface area contributed by atoms with Crippen molar-refractivity contribution in [3.05, 3.63) is 57.7 Å². The minimum Gasteiger partial charge on any atom is -0.358 e. The summed E-state index contributed by atoms with van der Waals surface area (Å²) >= 11 is 2.94. The molecule has 4 nitrogen and oxygen atoms in total. The molecule has 23 heavy (non-hydrogen) atoms. The maximum Gasteiger partial charge on any atom is 0.258 e. The Bertz CT molecular complexity index is 983. The number of H-pyrrole nitrogens is 1. The normalized spacial score (nSPS) is 11.0. The molecule has 4 rings (SSSR count). The number of benzene rings is 1. The number of thiophene rings is 1. The third-order valence-electron chi connectivity index (χ3n) is 3.66. The number of fused-ring (bicyclic) bond motifs is 1. The zero-order chi connectivity index (χ0) is 15.8. The number of amides is 1. The Kier molecular flexibility index (Phi) is 3.48. The molecule has 0 aliphatic rings. The number of para-hydroxylation sites is 1. The smallest absolute Gasteiger partial charge is 0.258 e. The summed E-state index contributed by atoms with van der Waals surface area (Å²) in [5.74, 6) is -0.122. The maximum atomic E-state index is 12.1. The van der Waals surface area contributed by atoms with Crippen molar-refractivity contribution in [2.45, 2.75) is 6.92 Å². The quantitative estimate of drug-likeness (QED) is 0.557. The second-order valence-electron chi connectivity index (χ2n) is 5.17. The first kappa shape index (κ1) is 14.2. The van der Waals surface area contributed by atoms with Gasteiger partial charge in [0.25, 0.3) is 5.91 Å². The highest BCUT2D eigenvalue weighted by Crippen LogP contribution is 2.33. The Morgan fingerprint density at radius 1 is 1.22 bits per heavy atom. The van der Waals surface area contributed by atoms with Gasteiger partial charge >= 0.3 is 0 Å². The van der Waals surface area contributed by atoms with Crippen LogP contribution in [0.4, 0.5) is 5.13 Å². The molecule has 0 atom stereocenters. The van der Waals surface area contributed by atoms with Gasteiger partial charge in [-0.3, -0.25) is 10.1 Å². The van der Waals surface area contributed by atoms with Crippen LogP contribution in [-0.4, -0.2) is 15.9 Å². The van der Waals surface area contributed by atoms with Crippen LogP contribution < -0.4 is 5.32 Å². The molecule has 4 aromatic rings. The van der Waals surface area contributed by atoms with E-state index in [4.69, 9.17) is 0 Å². The highest BCUT2D eigenvalue weighted by Gasteiger charge is 2.15. The number of rotatable bonds is 3. The molecule has 0 radical (unpaired) electrons. The van der Waals surface area contributed by atoms with E-state index in [9.17, 15) is 4.79 Å². The predicted molar refractivity (Wildman–Crippen MR) is 96.4 cm³/mol. The second kappa shape index (κ2) is 5.64. The highest BCUT2D eigenvalue weighted by atomic mass is 32.1. The van der Waals surface area contributed by atoms with Crippen molar-refractivity contribution in [3.8, 4) is 11.3 Å². The lowest BCUT2D eigenvalue weighted by atomic mass is 10.1. The summed E-state index contributed by atoms with van der Waals surface area (Å²) in [4.78, 5) is 20.1. The Morgan fingerprint density at radius 2 is 2.09 bits per heavy atom. The molecular weight excluding hydrogens is 326 g/mol. The van der Waals surface area contributed by atoms with Crippen LogP contribution in [-0.2, 0) is 0 Å². The lowest BCUT2D eigenvalue weighted by Crippen LogP contribution is -2.10. The van der Waals surface area contributed by atoms with Gasteiger partial charge in [-0.15, -0.1) is 11.3 Å². The van der Waals surface area contributed by atoms with Gasteiger partial charge in [-0.25, -0.2) is 4.98 Å². The number of hydrogen-bond donors (Lipinski definition) is 2. The molecule has 6 heteroatoms. The fraction of sp³-hybridized carbons (Fsp3) is 0.0588. The standard InChI is InChI=1S/C17H13N3OS2/c1-10-15(12-4-2-3-5-13(12)18-10)14-9-23-17(19-14)20-16(21)11-6-7-22-8-11/h2-9,18H,1H3,(H,19,20,21). The number of thiazole rings is 1. The number of aryl methyl sites for hydroxylation is 1. The summed E-state index contributed by atoms with van der Waals surface area (Å²) in [6.07, 6.45) is 0. The molecule has 1 amide bonds. The van der Waals surface area contributed by atoms with Gasteiger partial charge in [-0.05, 0) is 24.4 Å². The van der Waals surface area contributed by atoms with E-state index in [1.807, 2.05) is 35.2 Å². The molecule has 114 valence electrons. The van der Waals surface area contributed by atoms with Crippen LogP contribution in [0.2, 0.25) is 0 Å². The van der Waals surface area contributed by atoms with Crippen molar-refractivity contribution in [3.63, 3.8) is 0 Å². The average Bonchev–Trinajstić information content (AvgIpc) is 3.25. The van der Waals surface area contributed by atoms with Crippen LogP contribution in [0.25, 0.3) is 22.2 Å². The molecule has 0 bridgehead atoms. The maximum absolute atomic E-state index is 12.1. The number of aromatic nitrogens is 2. The molecule has 3 heterocycles. The third kappa shape index (κ3) is 2.56. The molecule has 0 unspecified atom stereocenters. The summed E-state index contributed by atoms with van der Waals surface area (Å²) in [7, 11) is 0. The zero-order valence-corrected chi connectivity index (χ0v) is 13.9. The van der Waals surface area contributed by atoms with Gasteiger partial charge in [0.05, 0.1) is 11.3 Å². The van der Waals surface area contributed by atoms with Crippen molar-refractivity contribution in [1.82, 2.24) is 9.97 Å². The van der Waals surface area contributed by atoms with Crippen molar-refractivity contribution in [2.75, 3.05) is 5.32 Å². The van der Waals surface area contributed by atoms with Crippen molar-refractivity contribution in [2.24, 2.45) is 0 Å². The van der Waals surface area contributed by atoms with E-state index < -0.39 is 0 Å². The van der Waals surface area contributed by atoms with Crippen LogP contribution in [0.5, 0.6) is 0 Å². The van der Waals surface area contributed by atoms with Crippen LogP contribution in [0, 0.1) is 6.92 Å². The third-order valence-corrected chi connectivity index (χ3v) is 5.10. The number of carbonyl (C=O) groups is 1. The number of anilines is 1. The van der Waals surface area contributed by atoms with Crippen LogP contribution >= 0.6 is 22.7 Å². The first-order valence-electron chi connectivity index (χ1n) is 7.09. The molecule has 0 saturated carbocycles. The van der Waals surface area contributed by atoms with Gasteiger partial charge < -0.3 is 4.98 Å². The zero-order valence-electron chi connectivity index (χ0n) is 12.3. The summed E-state index contributed by atoms with van der Waals surface area (Å²) in [6, 6.07) is 9.97. The summed E-state index contributed by atoms with van der Waals surface area (Å²) in [5.41, 5.74) is 4.80. The largest absolute Gasteiger partial charge is 0.358 e. The molecule has 0 spiro atoms. The van der Waals surface area contributed by atoms with Gasteiger partial charge in [-0.2, -0.15) is 11.3 Å². The first-order valence-corrected chi connectivity index (χ1v) is 8.91. The SMILES string of the molecule is Cc1[nH]c2ccccc2c1-c1csc(NC(=O)c2ccsc2)n1. The molecule has 0 saturated heterocycles. The molecule has 0 fully saturated rings. The molecule has 0 aliphatic carbocycles. The Balaban J connectivity index is 1.67. The molecule has 3 aromatic heterocycles. The minimum absolute atomic E-state index is 0.122. The molecule has 0 aliphatic heterocycles. The van der Waals surface area contributed by atoms with E-state index in [1.165, 1.54) is 22.7 Å². The van der Waals surface area contributed by atoms with Gasteiger partial charge in [0.15, 0.2) is 5.13 Å². The van der Waals surface area contributed by atoms with Gasteiger partial charge in [-0.1, -0.05) is 18.2 Å².